The maximum Gasteiger partial charge on any atom is 0.274 e. The summed E-state index contributed by atoms with van der Waals surface area (Å²) in [6.45, 7) is 2.95. The van der Waals surface area contributed by atoms with Crippen molar-refractivity contribution in [3.63, 3.8) is 0 Å². The van der Waals surface area contributed by atoms with Gasteiger partial charge in [-0.2, -0.15) is 5.10 Å². The Kier molecular flexibility index (Phi) is 6.40. The van der Waals surface area contributed by atoms with E-state index in [0.717, 1.165) is 24.5 Å². The number of carbonyl (C=O) groups is 1. The molecular formula is C28H28N4O2. The van der Waals surface area contributed by atoms with Gasteiger partial charge in [-0.05, 0) is 41.5 Å². The van der Waals surface area contributed by atoms with Gasteiger partial charge in [-0.3, -0.25) is 9.69 Å². The molecule has 6 heteroatoms. The zero-order chi connectivity index (χ0) is 23.3. The molecule has 4 aromatic rings. The van der Waals surface area contributed by atoms with Crippen molar-refractivity contribution in [2.75, 3.05) is 33.3 Å². The second-order valence-electron chi connectivity index (χ2n) is 8.40. The Bertz CT molecular complexity index is 1170. The molecule has 0 spiro atoms. The zero-order valence-corrected chi connectivity index (χ0v) is 19.2. The number of carbonyl (C=O) groups excluding carboxylic acids is 1. The van der Waals surface area contributed by atoms with E-state index in [4.69, 9.17) is 4.74 Å². The molecule has 0 bridgehead atoms. The van der Waals surface area contributed by atoms with Crippen LogP contribution in [-0.2, 0) is 0 Å². The van der Waals surface area contributed by atoms with Crippen molar-refractivity contribution in [1.82, 2.24) is 19.6 Å². The molecule has 0 saturated carbocycles. The predicted octanol–water partition coefficient (Wildman–Crippen LogP) is 4.43. The summed E-state index contributed by atoms with van der Waals surface area (Å²) in [5.74, 6) is 0.761. The number of methoxy groups -OCH3 is 1. The highest BCUT2D eigenvalue weighted by Crippen LogP contribution is 2.29. The number of benzene rings is 3. The topological polar surface area (TPSA) is 50.6 Å². The number of amides is 1. The van der Waals surface area contributed by atoms with Gasteiger partial charge in [0.15, 0.2) is 5.69 Å². The van der Waals surface area contributed by atoms with Crippen LogP contribution in [-0.4, -0.2) is 58.8 Å². The molecule has 1 saturated heterocycles. The third kappa shape index (κ3) is 4.58. The van der Waals surface area contributed by atoms with Crippen molar-refractivity contribution in [2.45, 2.75) is 6.04 Å². The third-order valence-corrected chi connectivity index (χ3v) is 6.34. The van der Waals surface area contributed by atoms with E-state index in [9.17, 15) is 4.79 Å². The molecule has 1 fully saturated rings. The number of hydrogen-bond donors (Lipinski definition) is 0. The van der Waals surface area contributed by atoms with Gasteiger partial charge >= 0.3 is 0 Å². The van der Waals surface area contributed by atoms with Gasteiger partial charge in [-0.15, -0.1) is 0 Å². The second kappa shape index (κ2) is 9.93. The summed E-state index contributed by atoms with van der Waals surface area (Å²) >= 11 is 0. The van der Waals surface area contributed by atoms with Gasteiger partial charge in [0.25, 0.3) is 5.91 Å². The van der Waals surface area contributed by atoms with Gasteiger partial charge < -0.3 is 9.64 Å². The summed E-state index contributed by atoms with van der Waals surface area (Å²) in [6, 6.07) is 30.7. The van der Waals surface area contributed by atoms with Crippen molar-refractivity contribution in [1.29, 1.82) is 0 Å². The van der Waals surface area contributed by atoms with E-state index in [0.29, 0.717) is 18.8 Å². The molecule has 0 aliphatic carbocycles. The van der Waals surface area contributed by atoms with Crippen LogP contribution in [0.4, 0.5) is 0 Å². The molecule has 34 heavy (non-hydrogen) atoms. The molecule has 6 nitrogen and oxygen atoms in total. The largest absolute Gasteiger partial charge is 0.497 e. The van der Waals surface area contributed by atoms with Gasteiger partial charge in [0.05, 0.1) is 18.8 Å². The normalized spacial score (nSPS) is 14.4. The van der Waals surface area contributed by atoms with Crippen LogP contribution < -0.4 is 4.74 Å². The Morgan fingerprint density at radius 2 is 1.38 bits per heavy atom. The lowest BCUT2D eigenvalue weighted by atomic mass is 9.96. The molecular weight excluding hydrogens is 424 g/mol. The number of aromatic nitrogens is 2. The summed E-state index contributed by atoms with van der Waals surface area (Å²) in [7, 11) is 1.64. The molecule has 0 N–H and O–H groups in total. The van der Waals surface area contributed by atoms with E-state index in [2.05, 4.69) is 58.5 Å². The first-order valence-electron chi connectivity index (χ1n) is 11.6. The number of nitrogens with zero attached hydrogens (tertiary/aromatic N) is 4. The van der Waals surface area contributed by atoms with Crippen LogP contribution in [0.1, 0.15) is 27.7 Å². The van der Waals surface area contributed by atoms with E-state index in [1.54, 1.807) is 17.9 Å². The van der Waals surface area contributed by atoms with Crippen LogP contribution in [0.5, 0.6) is 5.75 Å². The predicted molar refractivity (Wildman–Crippen MR) is 132 cm³/mol. The summed E-state index contributed by atoms with van der Waals surface area (Å²) < 4.78 is 6.94. The zero-order valence-electron chi connectivity index (χ0n) is 19.2. The molecule has 5 rings (SSSR count). The van der Waals surface area contributed by atoms with Gasteiger partial charge in [0, 0.05) is 32.4 Å². The third-order valence-electron chi connectivity index (χ3n) is 6.34. The number of hydrogen-bond acceptors (Lipinski definition) is 4. The highest BCUT2D eigenvalue weighted by Gasteiger charge is 2.29. The molecule has 172 valence electrons. The van der Waals surface area contributed by atoms with Gasteiger partial charge in [-0.1, -0.05) is 60.7 Å². The minimum Gasteiger partial charge on any atom is -0.497 e. The molecule has 0 radical (unpaired) electrons. The van der Waals surface area contributed by atoms with E-state index in [1.807, 2.05) is 47.5 Å². The minimum absolute atomic E-state index is 0.0251. The van der Waals surface area contributed by atoms with Crippen molar-refractivity contribution < 1.29 is 9.53 Å². The van der Waals surface area contributed by atoms with Gasteiger partial charge in [0.2, 0.25) is 0 Å². The maximum absolute atomic E-state index is 13.2. The van der Waals surface area contributed by atoms with Crippen LogP contribution in [0.3, 0.4) is 0 Å². The molecule has 2 heterocycles. The molecule has 0 unspecified atom stereocenters. The Hall–Kier alpha value is -3.90. The van der Waals surface area contributed by atoms with Crippen LogP contribution >= 0.6 is 0 Å². The van der Waals surface area contributed by atoms with E-state index in [-0.39, 0.29) is 11.9 Å². The van der Waals surface area contributed by atoms with Crippen molar-refractivity contribution in [3.8, 4) is 11.4 Å². The van der Waals surface area contributed by atoms with Gasteiger partial charge in [-0.25, -0.2) is 4.68 Å². The lowest BCUT2D eigenvalue weighted by Crippen LogP contribution is -2.50. The van der Waals surface area contributed by atoms with E-state index >= 15 is 0 Å². The fourth-order valence-electron chi connectivity index (χ4n) is 4.55. The van der Waals surface area contributed by atoms with Crippen molar-refractivity contribution >= 4 is 5.91 Å². The SMILES string of the molecule is COc1ccc(-n2ccc(C(=O)N3CCN(C(c4ccccc4)c4ccccc4)CC3)n2)cc1. The average Bonchev–Trinajstić information content (AvgIpc) is 3.41. The second-order valence-corrected chi connectivity index (χ2v) is 8.40. The molecule has 1 aliphatic rings. The van der Waals surface area contributed by atoms with Crippen LogP contribution in [0.15, 0.2) is 97.2 Å². The quantitative estimate of drug-likeness (QED) is 0.434. The van der Waals surface area contributed by atoms with Gasteiger partial charge in [0.1, 0.15) is 5.75 Å². The standard InChI is InChI=1S/C28H28N4O2/c1-34-25-14-12-24(13-15-25)32-17-16-26(29-32)28(33)31-20-18-30(19-21-31)27(22-8-4-2-5-9-22)23-10-6-3-7-11-23/h2-17,27H,18-21H2,1H3. The molecule has 1 amide bonds. The first-order valence-corrected chi connectivity index (χ1v) is 11.6. The Balaban J connectivity index is 1.28. The highest BCUT2D eigenvalue weighted by molar-refractivity contribution is 5.92. The van der Waals surface area contributed by atoms with Crippen molar-refractivity contribution in [2.24, 2.45) is 0 Å². The number of piperazine rings is 1. The minimum atomic E-state index is -0.0251. The van der Waals surface area contributed by atoms with E-state index in [1.165, 1.54) is 11.1 Å². The summed E-state index contributed by atoms with van der Waals surface area (Å²) in [5, 5.41) is 4.53. The average molecular weight is 453 g/mol. The first-order chi connectivity index (χ1) is 16.7. The van der Waals surface area contributed by atoms with E-state index < -0.39 is 0 Å². The molecule has 1 aliphatic heterocycles. The summed E-state index contributed by atoms with van der Waals surface area (Å²) in [5.41, 5.74) is 3.89. The number of rotatable bonds is 6. The molecule has 3 aromatic carbocycles. The monoisotopic (exact) mass is 452 g/mol. The van der Waals surface area contributed by atoms with Crippen LogP contribution in [0.2, 0.25) is 0 Å². The molecule has 1 aromatic heterocycles. The Morgan fingerprint density at radius 1 is 0.794 bits per heavy atom. The molecule has 0 atom stereocenters. The Morgan fingerprint density at radius 3 is 1.94 bits per heavy atom. The maximum atomic E-state index is 13.2. The highest BCUT2D eigenvalue weighted by atomic mass is 16.5. The van der Waals surface area contributed by atoms with Crippen LogP contribution in [0, 0.1) is 0 Å². The fourth-order valence-corrected chi connectivity index (χ4v) is 4.55. The first kappa shape index (κ1) is 21.9. The fraction of sp³-hybridized carbons (Fsp3) is 0.214. The van der Waals surface area contributed by atoms with Crippen LogP contribution in [0.25, 0.3) is 5.69 Å². The Labute approximate surface area is 200 Å². The van der Waals surface area contributed by atoms with Crippen molar-refractivity contribution in [3.05, 3.63) is 114 Å². The number of ether oxygens (including phenoxy) is 1. The lowest BCUT2D eigenvalue weighted by Gasteiger charge is -2.39. The summed E-state index contributed by atoms with van der Waals surface area (Å²) in [4.78, 5) is 17.5. The lowest BCUT2D eigenvalue weighted by molar-refractivity contribution is 0.0591. The summed E-state index contributed by atoms with van der Waals surface area (Å²) in [6.07, 6.45) is 1.83. The smallest absolute Gasteiger partial charge is 0.274 e.